The van der Waals surface area contributed by atoms with Crippen molar-refractivity contribution in [1.82, 2.24) is 5.32 Å². The number of amides is 1. The van der Waals surface area contributed by atoms with Gasteiger partial charge in [0.2, 0.25) is 5.91 Å². The Labute approximate surface area is 157 Å². The van der Waals surface area contributed by atoms with E-state index in [-0.39, 0.29) is 18.9 Å². The number of rotatable bonds is 8. The van der Waals surface area contributed by atoms with Crippen LogP contribution in [0.1, 0.15) is 24.5 Å². The highest BCUT2D eigenvalue weighted by Gasteiger charge is 2.35. The third-order valence-corrected chi connectivity index (χ3v) is 4.67. The molecular weight excluding hydrogens is 354 g/mol. The van der Waals surface area contributed by atoms with Crippen molar-refractivity contribution in [2.45, 2.75) is 25.2 Å². The number of carbonyl (C=O) groups excluding carboxylic acids is 1. The van der Waals surface area contributed by atoms with E-state index in [0.717, 1.165) is 5.56 Å². The Bertz CT molecular complexity index is 779. The van der Waals surface area contributed by atoms with Crippen LogP contribution in [0, 0.1) is 0 Å². The molecule has 6 heteroatoms. The first-order valence-electron chi connectivity index (χ1n) is 8.25. The predicted molar refractivity (Wildman–Crippen MR) is 101 cm³/mol. The maximum absolute atomic E-state index is 12.2. The molecule has 0 saturated carbocycles. The first-order chi connectivity index (χ1) is 12.4. The molecule has 0 aromatic heterocycles. The number of benzene rings is 2. The third-order valence-electron chi connectivity index (χ3n) is 4.38. The molecule has 0 saturated heterocycles. The van der Waals surface area contributed by atoms with Gasteiger partial charge in [0.05, 0.1) is 12.1 Å². The van der Waals surface area contributed by atoms with Crippen molar-refractivity contribution in [1.29, 1.82) is 0 Å². The molecule has 0 heterocycles. The van der Waals surface area contributed by atoms with E-state index in [1.807, 2.05) is 12.1 Å². The SMILES string of the molecule is COc1ccc(CCC(=O)NCC(C)(C(=O)O)c2ccccc2)cc1Cl. The van der Waals surface area contributed by atoms with Crippen molar-refractivity contribution in [3.05, 3.63) is 64.7 Å². The smallest absolute Gasteiger partial charge is 0.315 e. The summed E-state index contributed by atoms with van der Waals surface area (Å²) in [5.74, 6) is -0.605. The number of methoxy groups -OCH3 is 1. The zero-order valence-corrected chi connectivity index (χ0v) is 15.5. The predicted octanol–water partition coefficient (Wildman–Crippen LogP) is 3.44. The van der Waals surface area contributed by atoms with Crippen LogP contribution in [0.15, 0.2) is 48.5 Å². The normalized spacial score (nSPS) is 12.9. The molecule has 2 N–H and O–H groups in total. The van der Waals surface area contributed by atoms with Crippen molar-refractivity contribution in [2.75, 3.05) is 13.7 Å². The van der Waals surface area contributed by atoms with E-state index in [9.17, 15) is 14.7 Å². The molecule has 0 radical (unpaired) electrons. The minimum Gasteiger partial charge on any atom is -0.495 e. The number of halogens is 1. The van der Waals surface area contributed by atoms with E-state index in [0.29, 0.717) is 22.8 Å². The van der Waals surface area contributed by atoms with Crippen LogP contribution in [0.2, 0.25) is 5.02 Å². The lowest BCUT2D eigenvalue weighted by atomic mass is 9.82. The Balaban J connectivity index is 1.95. The first kappa shape index (κ1) is 19.8. The van der Waals surface area contributed by atoms with Crippen molar-refractivity contribution >= 4 is 23.5 Å². The van der Waals surface area contributed by atoms with Gasteiger partial charge < -0.3 is 15.2 Å². The molecule has 2 aromatic rings. The zero-order chi connectivity index (χ0) is 19.2. The summed E-state index contributed by atoms with van der Waals surface area (Å²) in [5, 5.41) is 12.8. The molecule has 1 atom stereocenters. The molecule has 0 spiro atoms. The van der Waals surface area contributed by atoms with Crippen LogP contribution in [0.25, 0.3) is 0 Å². The molecule has 138 valence electrons. The third kappa shape index (κ3) is 4.76. The second-order valence-electron chi connectivity index (χ2n) is 6.25. The lowest BCUT2D eigenvalue weighted by Gasteiger charge is -2.25. The maximum atomic E-state index is 12.2. The first-order valence-corrected chi connectivity index (χ1v) is 8.62. The molecule has 1 unspecified atom stereocenters. The van der Waals surface area contributed by atoms with Crippen LogP contribution in [-0.2, 0) is 21.4 Å². The Morgan fingerprint density at radius 2 is 1.88 bits per heavy atom. The van der Waals surface area contributed by atoms with Gasteiger partial charge in [-0.05, 0) is 36.6 Å². The molecule has 2 rings (SSSR count). The second-order valence-corrected chi connectivity index (χ2v) is 6.66. The fourth-order valence-electron chi connectivity index (χ4n) is 2.59. The Morgan fingerprint density at radius 3 is 2.46 bits per heavy atom. The summed E-state index contributed by atoms with van der Waals surface area (Å²) < 4.78 is 5.10. The summed E-state index contributed by atoms with van der Waals surface area (Å²) in [6, 6.07) is 14.3. The fraction of sp³-hybridized carbons (Fsp3) is 0.300. The van der Waals surface area contributed by atoms with E-state index in [1.165, 1.54) is 0 Å². The molecule has 2 aromatic carbocycles. The van der Waals surface area contributed by atoms with Gasteiger partial charge in [0, 0.05) is 13.0 Å². The quantitative estimate of drug-likeness (QED) is 0.741. The van der Waals surface area contributed by atoms with Crippen LogP contribution < -0.4 is 10.1 Å². The van der Waals surface area contributed by atoms with Crippen molar-refractivity contribution < 1.29 is 19.4 Å². The number of aryl methyl sites for hydroxylation is 1. The number of carboxylic acids is 1. The molecular formula is C20H22ClNO4. The van der Waals surface area contributed by atoms with Gasteiger partial charge in [-0.2, -0.15) is 0 Å². The minimum atomic E-state index is -1.18. The molecule has 0 aliphatic heterocycles. The van der Waals surface area contributed by atoms with Gasteiger partial charge in [-0.25, -0.2) is 0 Å². The van der Waals surface area contributed by atoms with Crippen LogP contribution in [0.5, 0.6) is 5.75 Å². The van der Waals surface area contributed by atoms with Crippen molar-refractivity contribution in [3.63, 3.8) is 0 Å². The van der Waals surface area contributed by atoms with Crippen molar-refractivity contribution in [3.8, 4) is 5.75 Å². The maximum Gasteiger partial charge on any atom is 0.315 e. The molecule has 26 heavy (non-hydrogen) atoms. The topological polar surface area (TPSA) is 75.6 Å². The van der Waals surface area contributed by atoms with E-state index < -0.39 is 11.4 Å². The minimum absolute atomic E-state index is 0.0224. The van der Waals surface area contributed by atoms with Crippen molar-refractivity contribution in [2.24, 2.45) is 0 Å². The van der Waals surface area contributed by atoms with Crippen LogP contribution in [0.3, 0.4) is 0 Å². The molecule has 0 aliphatic rings. The average molecular weight is 376 g/mol. The standard InChI is InChI=1S/C20H22ClNO4/c1-20(19(24)25,15-6-4-3-5-7-15)13-22-18(23)11-9-14-8-10-17(26-2)16(21)12-14/h3-8,10,12H,9,11,13H2,1-2H3,(H,22,23)(H,24,25). The zero-order valence-electron chi connectivity index (χ0n) is 14.8. The highest BCUT2D eigenvalue weighted by Crippen LogP contribution is 2.26. The number of carboxylic acid groups (broad SMARTS) is 1. The van der Waals surface area contributed by atoms with Gasteiger partial charge in [-0.15, -0.1) is 0 Å². The molecule has 0 fully saturated rings. The van der Waals surface area contributed by atoms with Crippen LogP contribution in [0.4, 0.5) is 0 Å². The fourth-order valence-corrected chi connectivity index (χ4v) is 2.87. The second kappa shape index (κ2) is 8.72. The number of ether oxygens (including phenoxy) is 1. The summed E-state index contributed by atoms with van der Waals surface area (Å²) >= 11 is 6.08. The molecule has 1 amide bonds. The number of carbonyl (C=O) groups is 2. The van der Waals surface area contributed by atoms with Crippen LogP contribution >= 0.6 is 11.6 Å². The van der Waals surface area contributed by atoms with E-state index >= 15 is 0 Å². The average Bonchev–Trinajstić information content (AvgIpc) is 2.65. The lowest BCUT2D eigenvalue weighted by Crippen LogP contribution is -2.44. The number of aliphatic carboxylic acids is 1. The van der Waals surface area contributed by atoms with Gasteiger partial charge in [0.15, 0.2) is 0 Å². The summed E-state index contributed by atoms with van der Waals surface area (Å²) in [5.41, 5.74) is 0.380. The van der Waals surface area contributed by atoms with Gasteiger partial charge >= 0.3 is 5.97 Å². The van der Waals surface area contributed by atoms with Gasteiger partial charge in [-0.1, -0.05) is 48.0 Å². The lowest BCUT2D eigenvalue weighted by molar-refractivity contribution is -0.143. The highest BCUT2D eigenvalue weighted by molar-refractivity contribution is 6.32. The summed E-state index contributed by atoms with van der Waals surface area (Å²) in [6.07, 6.45) is 0.748. The largest absolute Gasteiger partial charge is 0.495 e. The summed E-state index contributed by atoms with van der Waals surface area (Å²) in [6.45, 7) is 1.63. The monoisotopic (exact) mass is 375 g/mol. The number of nitrogens with one attached hydrogen (secondary N) is 1. The number of hydrogen-bond donors (Lipinski definition) is 2. The Morgan fingerprint density at radius 1 is 1.19 bits per heavy atom. The molecule has 5 nitrogen and oxygen atoms in total. The van der Waals surface area contributed by atoms with Gasteiger partial charge in [0.1, 0.15) is 11.2 Å². The Hall–Kier alpha value is -2.53. The van der Waals surface area contributed by atoms with Gasteiger partial charge in [-0.3, -0.25) is 9.59 Å². The highest BCUT2D eigenvalue weighted by atomic mass is 35.5. The van der Waals surface area contributed by atoms with Crippen LogP contribution in [-0.4, -0.2) is 30.6 Å². The molecule has 0 bridgehead atoms. The van der Waals surface area contributed by atoms with E-state index in [1.54, 1.807) is 50.4 Å². The van der Waals surface area contributed by atoms with Gasteiger partial charge in [0.25, 0.3) is 0 Å². The summed E-state index contributed by atoms with van der Waals surface area (Å²) in [7, 11) is 1.54. The Kier molecular flexibility index (Phi) is 6.64. The summed E-state index contributed by atoms with van der Waals surface area (Å²) in [4.78, 5) is 23.9. The van der Waals surface area contributed by atoms with E-state index in [2.05, 4.69) is 5.32 Å². The molecule has 0 aliphatic carbocycles. The van der Waals surface area contributed by atoms with E-state index in [4.69, 9.17) is 16.3 Å². The number of hydrogen-bond acceptors (Lipinski definition) is 3.